The number of rotatable bonds is 5. The smallest absolute Gasteiger partial charge is 0.259 e. The average molecular weight is 339 g/mol. The van der Waals surface area contributed by atoms with Gasteiger partial charge >= 0.3 is 0 Å². The molecule has 0 spiro atoms. The maximum absolute atomic E-state index is 12.8. The lowest BCUT2D eigenvalue weighted by molar-refractivity contribution is 0.0898. The number of carbonyl (C=O) groups is 1. The van der Waals surface area contributed by atoms with Crippen molar-refractivity contribution in [2.45, 2.75) is 26.8 Å². The molecular weight excluding hydrogens is 318 g/mol. The van der Waals surface area contributed by atoms with Crippen LogP contribution in [0.1, 0.15) is 29.9 Å². The summed E-state index contributed by atoms with van der Waals surface area (Å²) >= 11 is 0. The van der Waals surface area contributed by atoms with E-state index in [9.17, 15) is 9.90 Å². The minimum Gasteiger partial charge on any atom is -0.394 e. The number of benzene rings is 1. The van der Waals surface area contributed by atoms with Gasteiger partial charge in [-0.25, -0.2) is 4.98 Å². The summed E-state index contributed by atoms with van der Waals surface area (Å²) < 4.78 is 5.29. The highest BCUT2D eigenvalue weighted by molar-refractivity contribution is 6.07. The molecule has 130 valence electrons. The molecule has 0 fully saturated rings. The first-order valence-electron chi connectivity index (χ1n) is 8.25. The number of hydrogen-bond acceptors (Lipinski definition) is 5. The first kappa shape index (κ1) is 17.1. The molecule has 2 heterocycles. The molecule has 1 aromatic carbocycles. The third-order valence-electron chi connectivity index (χ3n) is 4.25. The minimum atomic E-state index is -0.323. The zero-order valence-corrected chi connectivity index (χ0v) is 14.5. The Morgan fingerprint density at radius 2 is 2.00 bits per heavy atom. The summed E-state index contributed by atoms with van der Waals surface area (Å²) in [7, 11) is 0. The van der Waals surface area contributed by atoms with Gasteiger partial charge in [0.05, 0.1) is 35.0 Å². The second-order valence-corrected chi connectivity index (χ2v) is 6.38. The van der Waals surface area contributed by atoms with Crippen LogP contribution in [0.3, 0.4) is 0 Å². The fourth-order valence-electron chi connectivity index (χ4n) is 2.70. The molecule has 3 rings (SSSR count). The molecule has 1 amide bonds. The SMILES string of the molecule is Cc1noc2nc(-c3ccccc3)cc(C(=O)N[C@H](CO)C(C)C)c12. The summed E-state index contributed by atoms with van der Waals surface area (Å²) in [5.41, 5.74) is 2.91. The standard InChI is InChI=1S/C19H21N3O3/c1-11(2)16(10-23)20-18(24)14-9-15(13-7-5-4-6-8-13)21-19-17(14)12(3)22-25-19/h4-9,11,16,23H,10H2,1-3H3,(H,20,24)/t16-/m1/s1. The molecule has 1 atom stereocenters. The first-order chi connectivity index (χ1) is 12.0. The average Bonchev–Trinajstić information content (AvgIpc) is 3.00. The Hall–Kier alpha value is -2.73. The van der Waals surface area contributed by atoms with Crippen molar-refractivity contribution in [2.24, 2.45) is 5.92 Å². The number of aliphatic hydroxyl groups excluding tert-OH is 1. The number of aromatic nitrogens is 2. The summed E-state index contributed by atoms with van der Waals surface area (Å²) in [5.74, 6) is -0.160. The number of fused-ring (bicyclic) bond motifs is 1. The van der Waals surface area contributed by atoms with E-state index in [2.05, 4.69) is 15.5 Å². The number of nitrogens with zero attached hydrogens (tertiary/aromatic N) is 2. The predicted molar refractivity (Wildman–Crippen MR) is 95.2 cm³/mol. The molecule has 3 aromatic rings. The quantitative estimate of drug-likeness (QED) is 0.746. The van der Waals surface area contributed by atoms with Gasteiger partial charge in [-0.15, -0.1) is 0 Å². The third-order valence-corrected chi connectivity index (χ3v) is 4.25. The second-order valence-electron chi connectivity index (χ2n) is 6.38. The Morgan fingerprint density at radius 1 is 1.28 bits per heavy atom. The van der Waals surface area contributed by atoms with E-state index in [4.69, 9.17) is 4.52 Å². The van der Waals surface area contributed by atoms with E-state index in [0.717, 1.165) is 5.56 Å². The van der Waals surface area contributed by atoms with E-state index in [1.54, 1.807) is 13.0 Å². The number of nitrogens with one attached hydrogen (secondary N) is 1. The molecule has 0 unspecified atom stereocenters. The Kier molecular flexibility index (Phi) is 4.81. The highest BCUT2D eigenvalue weighted by Crippen LogP contribution is 2.27. The van der Waals surface area contributed by atoms with E-state index in [0.29, 0.717) is 28.1 Å². The van der Waals surface area contributed by atoms with Gasteiger partial charge in [-0.1, -0.05) is 49.3 Å². The van der Waals surface area contributed by atoms with Crippen LogP contribution in [0.2, 0.25) is 0 Å². The molecule has 2 N–H and O–H groups in total. The van der Waals surface area contributed by atoms with Crippen LogP contribution in [0.25, 0.3) is 22.4 Å². The molecule has 2 aromatic heterocycles. The van der Waals surface area contributed by atoms with Gasteiger partial charge in [0, 0.05) is 5.56 Å². The van der Waals surface area contributed by atoms with Gasteiger partial charge in [-0.2, -0.15) is 0 Å². The van der Waals surface area contributed by atoms with Crippen molar-refractivity contribution in [3.63, 3.8) is 0 Å². The van der Waals surface area contributed by atoms with Crippen LogP contribution in [0.5, 0.6) is 0 Å². The summed E-state index contributed by atoms with van der Waals surface area (Å²) in [6, 6.07) is 11.0. The molecule has 0 saturated carbocycles. The van der Waals surface area contributed by atoms with Crippen LogP contribution in [0.15, 0.2) is 40.9 Å². The molecule has 6 heteroatoms. The Morgan fingerprint density at radius 3 is 2.64 bits per heavy atom. The molecule has 0 bridgehead atoms. The van der Waals surface area contributed by atoms with Crippen molar-refractivity contribution in [2.75, 3.05) is 6.61 Å². The monoisotopic (exact) mass is 339 g/mol. The highest BCUT2D eigenvalue weighted by Gasteiger charge is 2.22. The maximum atomic E-state index is 12.8. The number of aliphatic hydroxyl groups is 1. The minimum absolute atomic E-state index is 0.114. The van der Waals surface area contributed by atoms with Crippen LogP contribution in [0, 0.1) is 12.8 Å². The highest BCUT2D eigenvalue weighted by atomic mass is 16.5. The van der Waals surface area contributed by atoms with Crippen molar-refractivity contribution >= 4 is 17.0 Å². The Bertz CT molecular complexity index is 888. The van der Waals surface area contributed by atoms with Crippen molar-refractivity contribution in [1.29, 1.82) is 0 Å². The molecule has 6 nitrogen and oxygen atoms in total. The molecule has 0 aliphatic heterocycles. The van der Waals surface area contributed by atoms with E-state index >= 15 is 0 Å². The zero-order valence-electron chi connectivity index (χ0n) is 14.5. The molecule has 0 aliphatic rings. The first-order valence-corrected chi connectivity index (χ1v) is 8.25. The van der Waals surface area contributed by atoms with Gasteiger partial charge < -0.3 is 14.9 Å². The van der Waals surface area contributed by atoms with Crippen LogP contribution in [0.4, 0.5) is 0 Å². The Labute approximate surface area is 145 Å². The lowest BCUT2D eigenvalue weighted by atomic mass is 10.0. The fourth-order valence-corrected chi connectivity index (χ4v) is 2.70. The number of pyridine rings is 1. The van der Waals surface area contributed by atoms with E-state index in [1.165, 1.54) is 0 Å². The normalized spacial score (nSPS) is 12.5. The lowest BCUT2D eigenvalue weighted by Gasteiger charge is -2.20. The Balaban J connectivity index is 2.09. The topological polar surface area (TPSA) is 88.2 Å². The van der Waals surface area contributed by atoms with Crippen molar-refractivity contribution in [1.82, 2.24) is 15.5 Å². The van der Waals surface area contributed by atoms with Gasteiger partial charge in [-0.3, -0.25) is 4.79 Å². The molecule has 0 saturated heterocycles. The van der Waals surface area contributed by atoms with Crippen LogP contribution < -0.4 is 5.32 Å². The van der Waals surface area contributed by atoms with Crippen molar-refractivity contribution in [3.05, 3.63) is 47.7 Å². The number of hydrogen-bond donors (Lipinski definition) is 2. The van der Waals surface area contributed by atoms with Crippen LogP contribution in [-0.4, -0.2) is 33.8 Å². The van der Waals surface area contributed by atoms with E-state index in [-0.39, 0.29) is 24.5 Å². The van der Waals surface area contributed by atoms with E-state index < -0.39 is 0 Å². The maximum Gasteiger partial charge on any atom is 0.259 e. The van der Waals surface area contributed by atoms with Gasteiger partial charge in [0.25, 0.3) is 11.6 Å². The van der Waals surface area contributed by atoms with Crippen LogP contribution >= 0.6 is 0 Å². The summed E-state index contributed by atoms with van der Waals surface area (Å²) in [4.78, 5) is 17.3. The van der Waals surface area contributed by atoms with Gasteiger partial charge in [0.1, 0.15) is 0 Å². The second kappa shape index (κ2) is 7.03. The largest absolute Gasteiger partial charge is 0.394 e. The summed E-state index contributed by atoms with van der Waals surface area (Å²) in [6.45, 7) is 5.55. The third kappa shape index (κ3) is 3.39. The van der Waals surface area contributed by atoms with Gasteiger partial charge in [0.15, 0.2) is 0 Å². The van der Waals surface area contributed by atoms with E-state index in [1.807, 2.05) is 44.2 Å². The molecule has 0 radical (unpaired) electrons. The summed E-state index contributed by atoms with van der Waals surface area (Å²) in [5, 5.41) is 16.9. The fraction of sp³-hybridized carbons (Fsp3) is 0.316. The summed E-state index contributed by atoms with van der Waals surface area (Å²) in [6.07, 6.45) is 0. The molecule has 0 aliphatic carbocycles. The number of aryl methyl sites for hydroxylation is 1. The number of carbonyl (C=O) groups excluding carboxylic acids is 1. The van der Waals surface area contributed by atoms with Crippen molar-refractivity contribution < 1.29 is 14.4 Å². The molecular formula is C19H21N3O3. The lowest BCUT2D eigenvalue weighted by Crippen LogP contribution is -2.41. The van der Waals surface area contributed by atoms with Gasteiger partial charge in [-0.05, 0) is 18.9 Å². The molecule has 25 heavy (non-hydrogen) atoms. The zero-order chi connectivity index (χ0) is 18.0. The predicted octanol–water partition coefficient (Wildman–Crippen LogP) is 2.94. The van der Waals surface area contributed by atoms with Crippen molar-refractivity contribution in [3.8, 4) is 11.3 Å². The van der Waals surface area contributed by atoms with Gasteiger partial charge in [0.2, 0.25) is 0 Å². The van der Waals surface area contributed by atoms with Crippen LogP contribution in [-0.2, 0) is 0 Å². The number of amides is 1.